The van der Waals surface area contributed by atoms with E-state index < -0.39 is 23.5 Å². The molecule has 1 amide bonds. The fraction of sp³-hybridized carbons (Fsp3) is 0.167. The molecule has 0 radical (unpaired) electrons. The molecule has 6 rings (SSSR count). The fourth-order valence-corrected chi connectivity index (χ4v) is 5.12. The number of carbonyl (C=O) groups excluding carboxylic acids is 1. The highest BCUT2D eigenvalue weighted by atomic mass is 35.5. The van der Waals surface area contributed by atoms with Gasteiger partial charge in [-0.25, -0.2) is 0 Å². The summed E-state index contributed by atoms with van der Waals surface area (Å²) in [7, 11) is 0. The van der Waals surface area contributed by atoms with E-state index in [9.17, 15) is 31.1 Å². The number of fused-ring (bicyclic) bond motifs is 2. The van der Waals surface area contributed by atoms with Gasteiger partial charge < -0.3 is 11.1 Å². The zero-order chi connectivity index (χ0) is 34.1. The van der Waals surface area contributed by atoms with Crippen LogP contribution in [0.4, 0.5) is 38.0 Å². The quantitative estimate of drug-likeness (QED) is 0.178. The summed E-state index contributed by atoms with van der Waals surface area (Å²) in [5.74, 6) is 0.227. The number of anilines is 2. The van der Waals surface area contributed by atoms with Gasteiger partial charge in [0.15, 0.2) is 11.6 Å². The van der Waals surface area contributed by atoms with Crippen LogP contribution in [0, 0.1) is 0 Å². The van der Waals surface area contributed by atoms with Crippen LogP contribution >= 0.6 is 23.2 Å². The molecule has 0 unspecified atom stereocenters. The molecule has 0 spiro atoms. The van der Waals surface area contributed by atoms with Crippen LogP contribution in [0.5, 0.6) is 0 Å². The van der Waals surface area contributed by atoms with Gasteiger partial charge in [0.25, 0.3) is 0 Å². The Morgan fingerprint density at radius 3 is 1.60 bits per heavy atom. The molecule has 0 saturated carbocycles. The summed E-state index contributed by atoms with van der Waals surface area (Å²) in [6.07, 6.45) is -2.74. The lowest BCUT2D eigenvalue weighted by Crippen LogP contribution is -2.08. The predicted octanol–water partition coefficient (Wildman–Crippen LogP) is 7.84. The van der Waals surface area contributed by atoms with Gasteiger partial charge in [0.05, 0.1) is 68.5 Å². The van der Waals surface area contributed by atoms with Crippen LogP contribution in [0.25, 0.3) is 21.8 Å². The van der Waals surface area contributed by atoms with Gasteiger partial charge >= 0.3 is 12.4 Å². The Morgan fingerprint density at radius 1 is 0.723 bits per heavy atom. The summed E-state index contributed by atoms with van der Waals surface area (Å²) >= 11 is 12.2. The molecule has 0 saturated heterocycles. The third-order valence-corrected chi connectivity index (χ3v) is 7.35. The zero-order valence-corrected chi connectivity index (χ0v) is 25.5. The molecule has 0 aliphatic heterocycles. The molecule has 0 aliphatic rings. The van der Waals surface area contributed by atoms with E-state index in [1.54, 1.807) is 10.9 Å². The average Bonchev–Trinajstić information content (AvgIpc) is 3.50. The van der Waals surface area contributed by atoms with E-state index in [2.05, 4.69) is 25.5 Å². The molecular weight excluding hydrogens is 673 g/mol. The van der Waals surface area contributed by atoms with Crippen LogP contribution in [0.3, 0.4) is 0 Å². The number of rotatable bonds is 5. The van der Waals surface area contributed by atoms with E-state index in [-0.39, 0.29) is 30.6 Å². The number of nitrogens with zero attached hydrogens (tertiary/aromatic N) is 6. The summed E-state index contributed by atoms with van der Waals surface area (Å²) in [6.45, 7) is 1.82. The highest BCUT2D eigenvalue weighted by molar-refractivity contribution is 6.36. The molecule has 4 heterocycles. The van der Waals surface area contributed by atoms with Crippen LogP contribution in [-0.2, 0) is 30.2 Å². The second-order valence-electron chi connectivity index (χ2n) is 10.2. The number of hydrogen-bond donors (Lipinski definition) is 2. The summed E-state index contributed by atoms with van der Waals surface area (Å²) in [5, 5.41) is 12.9. The Bertz CT molecular complexity index is 2060. The fourth-order valence-electron chi connectivity index (χ4n) is 4.63. The smallest absolute Gasteiger partial charge is 0.382 e. The van der Waals surface area contributed by atoms with E-state index in [4.69, 9.17) is 28.9 Å². The number of aromatic nitrogens is 6. The van der Waals surface area contributed by atoms with E-state index in [1.165, 1.54) is 54.5 Å². The Morgan fingerprint density at radius 2 is 1.15 bits per heavy atom. The van der Waals surface area contributed by atoms with Crippen molar-refractivity contribution in [3.8, 4) is 0 Å². The van der Waals surface area contributed by atoms with Gasteiger partial charge in [-0.1, -0.05) is 47.5 Å². The van der Waals surface area contributed by atoms with Gasteiger partial charge in [0.1, 0.15) is 0 Å². The summed E-state index contributed by atoms with van der Waals surface area (Å²) in [6, 6.07) is 9.68. The van der Waals surface area contributed by atoms with Crippen molar-refractivity contribution >= 4 is 62.6 Å². The number of nitrogens with two attached hydrogens (primary N) is 1. The van der Waals surface area contributed by atoms with Crippen LogP contribution in [0.1, 0.15) is 29.2 Å². The number of hydrogen-bond acceptors (Lipinski definition) is 6. The monoisotopic (exact) mass is 694 g/mol. The van der Waals surface area contributed by atoms with Gasteiger partial charge in [-0.15, -0.1) is 0 Å². The predicted molar refractivity (Wildman–Crippen MR) is 165 cm³/mol. The number of nitrogens with one attached hydrogen (secondary N) is 1. The van der Waals surface area contributed by atoms with Crippen molar-refractivity contribution in [3.05, 3.63) is 106 Å². The Kier molecular flexibility index (Phi) is 9.32. The molecule has 0 aliphatic carbocycles. The van der Waals surface area contributed by atoms with Gasteiger partial charge in [0, 0.05) is 19.3 Å². The SMILES string of the molecule is CC(=O)Nc1nn(Cc2ccc(C(F)(F)F)cc2)c2cncc(Cl)c12.Nc1nn(Cc2ccc(C(F)(F)F)cc2)c2cncc(Cl)c12. The first-order valence-corrected chi connectivity index (χ1v) is 14.2. The zero-order valence-electron chi connectivity index (χ0n) is 24.0. The maximum absolute atomic E-state index is 12.6. The summed E-state index contributed by atoms with van der Waals surface area (Å²) in [5.41, 5.74) is 6.89. The highest BCUT2D eigenvalue weighted by Crippen LogP contribution is 2.32. The molecule has 17 heteroatoms. The minimum absolute atomic E-state index is 0.205. The first-order chi connectivity index (χ1) is 22.1. The third kappa shape index (κ3) is 7.58. The van der Waals surface area contributed by atoms with Crippen molar-refractivity contribution in [1.29, 1.82) is 0 Å². The number of nitrogen functional groups attached to an aromatic ring is 1. The van der Waals surface area contributed by atoms with Crippen LogP contribution in [0.2, 0.25) is 10.0 Å². The molecule has 47 heavy (non-hydrogen) atoms. The molecule has 0 bridgehead atoms. The van der Waals surface area contributed by atoms with Gasteiger partial charge in [0.2, 0.25) is 5.91 Å². The van der Waals surface area contributed by atoms with E-state index >= 15 is 0 Å². The Labute approximate surface area is 271 Å². The van der Waals surface area contributed by atoms with E-state index in [0.717, 1.165) is 24.3 Å². The van der Waals surface area contributed by atoms with Crippen LogP contribution < -0.4 is 11.1 Å². The van der Waals surface area contributed by atoms with Crippen molar-refractivity contribution in [2.24, 2.45) is 0 Å². The largest absolute Gasteiger partial charge is 0.416 e. The lowest BCUT2D eigenvalue weighted by Gasteiger charge is -2.08. The summed E-state index contributed by atoms with van der Waals surface area (Å²) < 4.78 is 78.7. The normalized spacial score (nSPS) is 11.9. The second-order valence-corrected chi connectivity index (χ2v) is 11.0. The molecule has 2 aromatic carbocycles. The van der Waals surface area contributed by atoms with E-state index in [1.807, 2.05) is 0 Å². The lowest BCUT2D eigenvalue weighted by molar-refractivity contribution is -0.138. The number of alkyl halides is 6. The topological polar surface area (TPSA) is 117 Å². The molecular formula is C30H22Cl2F6N8O. The lowest BCUT2D eigenvalue weighted by atomic mass is 10.1. The Balaban J connectivity index is 0.000000186. The number of benzene rings is 2. The summed E-state index contributed by atoms with van der Waals surface area (Å²) in [4.78, 5) is 19.3. The third-order valence-electron chi connectivity index (χ3n) is 6.78. The maximum atomic E-state index is 12.6. The molecule has 0 atom stereocenters. The van der Waals surface area contributed by atoms with Crippen molar-refractivity contribution in [1.82, 2.24) is 29.5 Å². The molecule has 3 N–H and O–H groups in total. The van der Waals surface area contributed by atoms with Crippen LogP contribution in [-0.4, -0.2) is 35.4 Å². The van der Waals surface area contributed by atoms with Crippen molar-refractivity contribution in [2.45, 2.75) is 32.4 Å². The molecule has 4 aromatic heterocycles. The number of halogens is 8. The minimum Gasteiger partial charge on any atom is -0.382 e. The van der Waals surface area contributed by atoms with Gasteiger partial charge in [-0.2, -0.15) is 36.5 Å². The second kappa shape index (κ2) is 13.1. The number of pyridine rings is 2. The first-order valence-electron chi connectivity index (χ1n) is 13.5. The standard InChI is InChI=1S/C16H12ClF3N4O.C14H10ClF3N4/c1-9(25)22-15-14-12(17)6-21-7-13(14)24(23-15)8-10-2-4-11(5-3-10)16(18,19)20;15-10-5-20-6-11-12(10)13(19)21-22(11)7-8-1-3-9(4-2-8)14(16,17)18/h2-7H,8H2,1H3,(H,22,23,25);1-6H,7H2,(H2,19,21). The van der Waals surface area contributed by atoms with Gasteiger partial charge in [-0.05, 0) is 35.4 Å². The van der Waals surface area contributed by atoms with Crippen molar-refractivity contribution in [3.63, 3.8) is 0 Å². The number of amides is 1. The van der Waals surface area contributed by atoms with Crippen LogP contribution in [0.15, 0.2) is 73.3 Å². The van der Waals surface area contributed by atoms with E-state index in [0.29, 0.717) is 43.0 Å². The van der Waals surface area contributed by atoms with Crippen molar-refractivity contribution in [2.75, 3.05) is 11.1 Å². The molecule has 0 fully saturated rings. The maximum Gasteiger partial charge on any atom is 0.416 e. The highest BCUT2D eigenvalue weighted by Gasteiger charge is 2.30. The van der Waals surface area contributed by atoms with Crippen molar-refractivity contribution < 1.29 is 31.1 Å². The number of carbonyl (C=O) groups is 1. The molecule has 9 nitrogen and oxygen atoms in total. The minimum atomic E-state index is -4.38. The van der Waals surface area contributed by atoms with Gasteiger partial charge in [-0.3, -0.25) is 24.1 Å². The first kappa shape index (κ1) is 33.5. The Hall–Kier alpha value is -4.89. The molecule has 244 valence electrons. The average molecular weight is 695 g/mol. The molecule has 6 aromatic rings.